The lowest BCUT2D eigenvalue weighted by Gasteiger charge is -2.21. The zero-order valence-corrected chi connectivity index (χ0v) is 14.5. The van der Waals surface area contributed by atoms with Crippen molar-refractivity contribution in [2.45, 2.75) is 63.7 Å². The largest absolute Gasteiger partial charge is 0.294 e. The molecule has 0 N–H and O–H groups in total. The average Bonchev–Trinajstić information content (AvgIpc) is 3.04. The van der Waals surface area contributed by atoms with Crippen LogP contribution in [0.5, 0.6) is 0 Å². The molecular formula is C21H23N3O. The number of rotatable bonds is 3. The molecular weight excluding hydrogens is 310 g/mol. The lowest BCUT2D eigenvalue weighted by molar-refractivity contribution is 0.0970. The van der Waals surface area contributed by atoms with E-state index in [4.69, 9.17) is 10.4 Å². The molecule has 2 aliphatic carbocycles. The Morgan fingerprint density at radius 3 is 2.56 bits per heavy atom. The third-order valence-electron chi connectivity index (χ3n) is 5.56. The lowest BCUT2D eigenvalue weighted by atomic mass is 9.82. The number of ketones is 1. The van der Waals surface area contributed by atoms with Crippen LogP contribution < -0.4 is 0 Å². The van der Waals surface area contributed by atoms with Gasteiger partial charge in [-0.05, 0) is 43.4 Å². The van der Waals surface area contributed by atoms with Crippen LogP contribution in [0.1, 0.15) is 78.2 Å². The summed E-state index contributed by atoms with van der Waals surface area (Å²) >= 11 is 0. The Morgan fingerprint density at radius 2 is 1.84 bits per heavy atom. The van der Waals surface area contributed by atoms with Crippen molar-refractivity contribution in [1.82, 2.24) is 9.78 Å². The first-order valence-electron chi connectivity index (χ1n) is 9.39. The summed E-state index contributed by atoms with van der Waals surface area (Å²) in [5.74, 6) is 0.706. The number of aromatic nitrogens is 2. The Kier molecular flexibility index (Phi) is 4.40. The Hall–Kier alpha value is -2.41. The smallest absolute Gasteiger partial charge is 0.166 e. The van der Waals surface area contributed by atoms with Crippen LogP contribution >= 0.6 is 0 Å². The highest BCUT2D eigenvalue weighted by atomic mass is 16.1. The highest BCUT2D eigenvalue weighted by Gasteiger charge is 2.31. The molecule has 0 saturated heterocycles. The van der Waals surface area contributed by atoms with E-state index < -0.39 is 0 Å². The van der Waals surface area contributed by atoms with Gasteiger partial charge in [0.1, 0.15) is 0 Å². The fourth-order valence-corrected chi connectivity index (χ4v) is 4.27. The number of fused-ring (bicyclic) bond motifs is 1. The van der Waals surface area contributed by atoms with Gasteiger partial charge in [-0.15, -0.1) is 0 Å². The molecule has 2 aromatic rings. The predicted molar refractivity (Wildman–Crippen MR) is 96.0 cm³/mol. The van der Waals surface area contributed by atoms with E-state index in [-0.39, 0.29) is 5.78 Å². The van der Waals surface area contributed by atoms with Gasteiger partial charge in [0.15, 0.2) is 5.78 Å². The van der Waals surface area contributed by atoms with Gasteiger partial charge in [0.25, 0.3) is 0 Å². The van der Waals surface area contributed by atoms with Gasteiger partial charge in [-0.3, -0.25) is 4.79 Å². The first-order valence-corrected chi connectivity index (χ1v) is 9.39. The van der Waals surface area contributed by atoms with E-state index in [1.807, 2.05) is 28.9 Å². The molecule has 4 heteroatoms. The van der Waals surface area contributed by atoms with Crippen molar-refractivity contribution in [3.8, 4) is 11.8 Å². The molecule has 1 heterocycles. The molecule has 0 unspecified atom stereocenters. The molecule has 4 nitrogen and oxygen atoms in total. The maximum atomic E-state index is 12.6. The van der Waals surface area contributed by atoms with Crippen LogP contribution in [0.2, 0.25) is 0 Å². The first-order chi connectivity index (χ1) is 12.3. The Morgan fingerprint density at radius 1 is 1.08 bits per heavy atom. The van der Waals surface area contributed by atoms with Crippen molar-refractivity contribution in [2.75, 3.05) is 0 Å². The SMILES string of the molecule is N#CCc1ccc(-n2nc(C3CCCCC3)c3c2CCCC3=O)cc1. The third-order valence-corrected chi connectivity index (χ3v) is 5.56. The molecule has 128 valence electrons. The molecule has 1 aromatic heterocycles. The number of carbonyl (C=O) groups is 1. The number of hydrogen-bond donors (Lipinski definition) is 0. The molecule has 25 heavy (non-hydrogen) atoms. The number of Topliss-reactive ketones (excluding diaryl/α,β-unsaturated/α-hetero) is 1. The first kappa shape index (κ1) is 16.1. The van der Waals surface area contributed by atoms with Crippen LogP contribution in [-0.4, -0.2) is 15.6 Å². The fourth-order valence-electron chi connectivity index (χ4n) is 4.27. The minimum atomic E-state index is 0.272. The Balaban J connectivity index is 1.77. The van der Waals surface area contributed by atoms with E-state index in [0.29, 0.717) is 18.8 Å². The third kappa shape index (κ3) is 3.00. The number of hydrogen-bond acceptors (Lipinski definition) is 3. The van der Waals surface area contributed by atoms with Crippen LogP contribution in [0.3, 0.4) is 0 Å². The Bertz CT molecular complexity index is 820. The predicted octanol–water partition coefficient (Wildman–Crippen LogP) is 4.51. The number of nitrogens with zero attached hydrogens (tertiary/aromatic N) is 3. The second-order valence-electron chi connectivity index (χ2n) is 7.23. The maximum Gasteiger partial charge on any atom is 0.166 e. The molecule has 2 aliphatic rings. The van der Waals surface area contributed by atoms with Crippen molar-refractivity contribution in [3.63, 3.8) is 0 Å². The molecule has 0 radical (unpaired) electrons. The van der Waals surface area contributed by atoms with Crippen molar-refractivity contribution in [1.29, 1.82) is 5.26 Å². The van der Waals surface area contributed by atoms with E-state index in [9.17, 15) is 4.79 Å². The summed E-state index contributed by atoms with van der Waals surface area (Å²) in [7, 11) is 0. The highest BCUT2D eigenvalue weighted by Crippen LogP contribution is 2.37. The second-order valence-corrected chi connectivity index (χ2v) is 7.23. The molecule has 0 aliphatic heterocycles. The summed E-state index contributed by atoms with van der Waals surface area (Å²) < 4.78 is 1.99. The lowest BCUT2D eigenvalue weighted by Crippen LogP contribution is -2.15. The van der Waals surface area contributed by atoms with E-state index in [1.54, 1.807) is 0 Å². The van der Waals surface area contributed by atoms with Crippen LogP contribution in [0.25, 0.3) is 5.69 Å². The zero-order chi connectivity index (χ0) is 17.2. The second kappa shape index (κ2) is 6.84. The number of benzene rings is 1. The quantitative estimate of drug-likeness (QED) is 0.830. The summed E-state index contributed by atoms with van der Waals surface area (Å²) in [5.41, 5.74) is 5.05. The fraction of sp³-hybridized carbons (Fsp3) is 0.476. The summed E-state index contributed by atoms with van der Waals surface area (Å²) in [6.07, 6.45) is 8.98. The van der Waals surface area contributed by atoms with E-state index >= 15 is 0 Å². The molecule has 0 bridgehead atoms. The Labute approximate surface area is 148 Å². The van der Waals surface area contributed by atoms with Gasteiger partial charge in [0.2, 0.25) is 0 Å². The van der Waals surface area contributed by atoms with Crippen LogP contribution in [-0.2, 0) is 12.8 Å². The van der Waals surface area contributed by atoms with Gasteiger partial charge in [0, 0.05) is 12.3 Å². The molecule has 1 fully saturated rings. The van der Waals surface area contributed by atoms with Gasteiger partial charge >= 0.3 is 0 Å². The van der Waals surface area contributed by atoms with E-state index in [1.165, 1.54) is 19.3 Å². The number of carbonyl (C=O) groups excluding carboxylic acids is 1. The highest BCUT2D eigenvalue weighted by molar-refractivity contribution is 5.99. The van der Waals surface area contributed by atoms with Crippen molar-refractivity contribution >= 4 is 5.78 Å². The van der Waals surface area contributed by atoms with Crippen molar-refractivity contribution in [2.24, 2.45) is 0 Å². The molecule has 1 saturated carbocycles. The van der Waals surface area contributed by atoms with E-state index in [0.717, 1.165) is 53.9 Å². The van der Waals surface area contributed by atoms with Gasteiger partial charge < -0.3 is 0 Å². The summed E-state index contributed by atoms with van der Waals surface area (Å²) in [6.45, 7) is 0. The molecule has 1 aromatic carbocycles. The van der Waals surface area contributed by atoms with Gasteiger partial charge in [-0.2, -0.15) is 10.4 Å². The zero-order valence-electron chi connectivity index (χ0n) is 14.5. The van der Waals surface area contributed by atoms with E-state index in [2.05, 4.69) is 6.07 Å². The number of nitriles is 1. The molecule has 0 amide bonds. The molecule has 4 rings (SSSR count). The topological polar surface area (TPSA) is 58.7 Å². The summed E-state index contributed by atoms with van der Waals surface area (Å²) in [4.78, 5) is 12.6. The van der Waals surface area contributed by atoms with Gasteiger partial charge in [-0.25, -0.2) is 4.68 Å². The van der Waals surface area contributed by atoms with Crippen LogP contribution in [0, 0.1) is 11.3 Å². The normalized spacial score (nSPS) is 18.0. The van der Waals surface area contributed by atoms with Crippen molar-refractivity contribution in [3.05, 3.63) is 46.8 Å². The minimum Gasteiger partial charge on any atom is -0.294 e. The van der Waals surface area contributed by atoms with Gasteiger partial charge in [-0.1, -0.05) is 31.4 Å². The molecule has 0 spiro atoms. The monoisotopic (exact) mass is 333 g/mol. The average molecular weight is 333 g/mol. The standard InChI is InChI=1S/C21H23N3O/c22-14-13-15-9-11-17(12-10-15)24-18-7-4-8-19(25)20(18)21(23-24)16-5-2-1-3-6-16/h9-12,16H,1-8,13H2. The van der Waals surface area contributed by atoms with Crippen LogP contribution in [0.4, 0.5) is 0 Å². The summed E-state index contributed by atoms with van der Waals surface area (Å²) in [6, 6.07) is 10.2. The summed E-state index contributed by atoms with van der Waals surface area (Å²) in [5, 5.41) is 13.8. The minimum absolute atomic E-state index is 0.272. The van der Waals surface area contributed by atoms with Gasteiger partial charge in [0.05, 0.1) is 35.1 Å². The van der Waals surface area contributed by atoms with Crippen molar-refractivity contribution < 1.29 is 4.79 Å². The maximum absolute atomic E-state index is 12.6. The van der Waals surface area contributed by atoms with Crippen LogP contribution in [0.15, 0.2) is 24.3 Å². The molecule has 0 atom stereocenters.